The predicted octanol–water partition coefficient (Wildman–Crippen LogP) is 2.80. The van der Waals surface area contributed by atoms with Crippen LogP contribution in [0, 0.1) is 0 Å². The molecule has 1 aromatic rings. The van der Waals surface area contributed by atoms with Crippen molar-refractivity contribution in [3.05, 3.63) is 29.0 Å². The maximum absolute atomic E-state index is 6.00. The molecule has 0 spiro atoms. The fourth-order valence-corrected chi connectivity index (χ4v) is 1.46. The van der Waals surface area contributed by atoms with Crippen LogP contribution in [0.2, 0.25) is 5.02 Å². The maximum atomic E-state index is 6.00. The van der Waals surface area contributed by atoms with Gasteiger partial charge in [0.1, 0.15) is 0 Å². The fraction of sp³-hybridized carbons (Fsp3) is 0.500. The van der Waals surface area contributed by atoms with Crippen LogP contribution in [0.25, 0.3) is 0 Å². The molecule has 0 bridgehead atoms. The second-order valence-electron chi connectivity index (χ2n) is 3.05. The molecule has 0 saturated heterocycles. The van der Waals surface area contributed by atoms with Crippen LogP contribution in [0.4, 0.5) is 0 Å². The van der Waals surface area contributed by atoms with E-state index in [1.165, 1.54) is 0 Å². The fourth-order valence-electron chi connectivity index (χ4n) is 1.17. The highest BCUT2D eigenvalue weighted by molar-refractivity contribution is 6.31. The molecule has 0 fully saturated rings. The molecule has 0 saturated carbocycles. The maximum Gasteiger partial charge on any atom is 0.0756 e. The van der Waals surface area contributed by atoms with Crippen LogP contribution in [0.15, 0.2) is 18.3 Å². The van der Waals surface area contributed by atoms with Crippen LogP contribution in [0.3, 0.4) is 0 Å². The number of rotatable bonds is 4. The van der Waals surface area contributed by atoms with Gasteiger partial charge < -0.3 is 5.32 Å². The lowest BCUT2D eigenvalue weighted by Crippen LogP contribution is -2.20. The van der Waals surface area contributed by atoms with E-state index >= 15 is 0 Å². The molecule has 1 N–H and O–H groups in total. The first-order valence-corrected chi connectivity index (χ1v) is 4.97. The smallest absolute Gasteiger partial charge is 0.0756 e. The summed E-state index contributed by atoms with van der Waals surface area (Å²) in [6.45, 7) is 5.21. The minimum Gasteiger partial charge on any atom is -0.309 e. The van der Waals surface area contributed by atoms with Gasteiger partial charge in [0.25, 0.3) is 0 Å². The summed E-state index contributed by atoms with van der Waals surface area (Å²) < 4.78 is 0. The number of nitrogens with one attached hydrogen (secondary N) is 1. The first-order chi connectivity index (χ1) is 6.25. The van der Waals surface area contributed by atoms with E-state index in [2.05, 4.69) is 24.1 Å². The molecule has 0 aliphatic heterocycles. The summed E-state index contributed by atoms with van der Waals surface area (Å²) in [5, 5.41) is 4.08. The Morgan fingerprint density at radius 2 is 2.38 bits per heavy atom. The Kier molecular flexibility index (Phi) is 4.19. The first kappa shape index (κ1) is 10.5. The molecule has 13 heavy (non-hydrogen) atoms. The molecule has 72 valence electrons. The topological polar surface area (TPSA) is 24.9 Å². The lowest BCUT2D eigenvalue weighted by Gasteiger charge is -2.13. The van der Waals surface area contributed by atoms with Crippen molar-refractivity contribution < 1.29 is 0 Å². The molecule has 0 aromatic carbocycles. The van der Waals surface area contributed by atoms with Crippen molar-refractivity contribution in [2.24, 2.45) is 0 Å². The third kappa shape index (κ3) is 2.98. The van der Waals surface area contributed by atoms with E-state index in [1.54, 1.807) is 6.20 Å². The van der Waals surface area contributed by atoms with Crippen molar-refractivity contribution in [2.45, 2.75) is 26.3 Å². The van der Waals surface area contributed by atoms with E-state index in [4.69, 9.17) is 11.6 Å². The predicted molar refractivity (Wildman–Crippen MR) is 56.0 cm³/mol. The molecule has 3 heteroatoms. The summed E-state index contributed by atoms with van der Waals surface area (Å²) in [6.07, 6.45) is 2.89. The van der Waals surface area contributed by atoms with Gasteiger partial charge >= 0.3 is 0 Å². The summed E-state index contributed by atoms with van der Waals surface area (Å²) in [5.74, 6) is 0. The molecule has 0 aliphatic rings. The first-order valence-electron chi connectivity index (χ1n) is 4.59. The molecule has 2 nitrogen and oxygen atoms in total. The molecule has 1 rings (SSSR count). The minimum atomic E-state index is 0.230. The van der Waals surface area contributed by atoms with Gasteiger partial charge in [-0.3, -0.25) is 4.98 Å². The summed E-state index contributed by atoms with van der Waals surface area (Å²) in [4.78, 5) is 4.24. The number of halogens is 1. The van der Waals surface area contributed by atoms with Gasteiger partial charge in [0.15, 0.2) is 0 Å². The van der Waals surface area contributed by atoms with Crippen molar-refractivity contribution in [2.75, 3.05) is 6.54 Å². The second kappa shape index (κ2) is 5.20. The molecule has 1 atom stereocenters. The number of aromatic nitrogens is 1. The van der Waals surface area contributed by atoms with Crippen molar-refractivity contribution in [1.82, 2.24) is 10.3 Å². The quantitative estimate of drug-likeness (QED) is 0.805. The molecule has 0 radical (unpaired) electrons. The minimum absolute atomic E-state index is 0.230. The number of pyridine rings is 1. The number of hydrogen-bond donors (Lipinski definition) is 1. The Morgan fingerprint density at radius 3 is 3.00 bits per heavy atom. The zero-order valence-electron chi connectivity index (χ0n) is 8.05. The van der Waals surface area contributed by atoms with Crippen molar-refractivity contribution in [3.63, 3.8) is 0 Å². The Balaban J connectivity index is 2.65. The van der Waals surface area contributed by atoms with Crippen molar-refractivity contribution >= 4 is 11.6 Å². The molecular formula is C10H15ClN2. The van der Waals surface area contributed by atoms with Gasteiger partial charge in [-0.1, -0.05) is 18.5 Å². The molecule has 0 amide bonds. The highest BCUT2D eigenvalue weighted by Gasteiger charge is 2.08. The van der Waals surface area contributed by atoms with Gasteiger partial charge in [-0.25, -0.2) is 0 Å². The van der Waals surface area contributed by atoms with Gasteiger partial charge in [-0.2, -0.15) is 0 Å². The van der Waals surface area contributed by atoms with E-state index in [0.29, 0.717) is 0 Å². The SMILES string of the molecule is CCCNC(C)c1ncccc1Cl. The Labute approximate surface area is 84.3 Å². The summed E-state index contributed by atoms with van der Waals surface area (Å²) >= 11 is 6.00. The van der Waals surface area contributed by atoms with E-state index in [0.717, 1.165) is 23.7 Å². The van der Waals surface area contributed by atoms with Crippen LogP contribution < -0.4 is 5.32 Å². The normalized spacial score (nSPS) is 12.8. The number of nitrogens with zero attached hydrogens (tertiary/aromatic N) is 1. The van der Waals surface area contributed by atoms with E-state index in [-0.39, 0.29) is 6.04 Å². The lowest BCUT2D eigenvalue weighted by molar-refractivity contribution is 0.559. The highest BCUT2D eigenvalue weighted by atomic mass is 35.5. The van der Waals surface area contributed by atoms with Gasteiger partial charge in [0, 0.05) is 12.2 Å². The highest BCUT2D eigenvalue weighted by Crippen LogP contribution is 2.19. The average Bonchev–Trinajstić information content (AvgIpc) is 2.15. The third-order valence-corrected chi connectivity index (χ3v) is 2.22. The molecule has 1 unspecified atom stereocenters. The van der Waals surface area contributed by atoms with Crippen LogP contribution in [0.1, 0.15) is 32.0 Å². The largest absolute Gasteiger partial charge is 0.309 e. The molecular weight excluding hydrogens is 184 g/mol. The zero-order valence-corrected chi connectivity index (χ0v) is 8.80. The van der Waals surface area contributed by atoms with Gasteiger partial charge in [0.2, 0.25) is 0 Å². The van der Waals surface area contributed by atoms with Crippen LogP contribution in [-0.4, -0.2) is 11.5 Å². The summed E-state index contributed by atoms with van der Waals surface area (Å²) in [5.41, 5.74) is 0.928. The van der Waals surface area contributed by atoms with Crippen molar-refractivity contribution in [3.8, 4) is 0 Å². The van der Waals surface area contributed by atoms with Crippen LogP contribution >= 0.6 is 11.6 Å². The Bertz CT molecular complexity index is 263. The summed E-state index contributed by atoms with van der Waals surface area (Å²) in [6, 6.07) is 3.94. The lowest BCUT2D eigenvalue weighted by atomic mass is 10.2. The second-order valence-corrected chi connectivity index (χ2v) is 3.45. The van der Waals surface area contributed by atoms with E-state index in [9.17, 15) is 0 Å². The van der Waals surface area contributed by atoms with Gasteiger partial charge in [0.05, 0.1) is 10.7 Å². The molecule has 0 aliphatic carbocycles. The summed E-state index contributed by atoms with van der Waals surface area (Å²) in [7, 11) is 0. The molecule has 1 aromatic heterocycles. The monoisotopic (exact) mass is 198 g/mol. The van der Waals surface area contributed by atoms with E-state index < -0.39 is 0 Å². The Morgan fingerprint density at radius 1 is 1.62 bits per heavy atom. The number of hydrogen-bond acceptors (Lipinski definition) is 2. The van der Waals surface area contributed by atoms with Gasteiger partial charge in [-0.15, -0.1) is 0 Å². The Hall–Kier alpha value is -0.600. The van der Waals surface area contributed by atoms with Crippen LogP contribution in [0.5, 0.6) is 0 Å². The standard InChI is InChI=1S/C10H15ClN2/c1-3-6-12-8(2)10-9(11)5-4-7-13-10/h4-5,7-8,12H,3,6H2,1-2H3. The van der Waals surface area contributed by atoms with Crippen molar-refractivity contribution in [1.29, 1.82) is 0 Å². The van der Waals surface area contributed by atoms with E-state index in [1.807, 2.05) is 12.1 Å². The average molecular weight is 199 g/mol. The molecule has 1 heterocycles. The zero-order chi connectivity index (χ0) is 9.68. The van der Waals surface area contributed by atoms with Crippen LogP contribution in [-0.2, 0) is 0 Å². The third-order valence-electron chi connectivity index (χ3n) is 1.90. The van der Waals surface area contributed by atoms with Gasteiger partial charge in [-0.05, 0) is 32.0 Å².